The Bertz CT molecular complexity index is 1620. The Kier molecular flexibility index (Phi) is 13.4. The van der Waals surface area contributed by atoms with Gasteiger partial charge in [-0.1, -0.05) is 26.0 Å². The fourth-order valence-electron chi connectivity index (χ4n) is 5.28. The van der Waals surface area contributed by atoms with Crippen LogP contribution in [0.25, 0.3) is 0 Å². The van der Waals surface area contributed by atoms with Crippen molar-refractivity contribution in [1.29, 1.82) is 0 Å². The van der Waals surface area contributed by atoms with Crippen LogP contribution >= 0.6 is 0 Å². The van der Waals surface area contributed by atoms with Gasteiger partial charge in [-0.25, -0.2) is 9.59 Å². The van der Waals surface area contributed by atoms with Gasteiger partial charge in [-0.05, 0) is 90.5 Å². The summed E-state index contributed by atoms with van der Waals surface area (Å²) in [6.07, 6.45) is 1.86. The summed E-state index contributed by atoms with van der Waals surface area (Å²) in [6, 6.07) is 8.34. The van der Waals surface area contributed by atoms with Gasteiger partial charge in [-0.3, -0.25) is 0 Å². The van der Waals surface area contributed by atoms with Gasteiger partial charge in [-0.2, -0.15) is 21.6 Å². The molecule has 51 heavy (non-hydrogen) atoms. The Morgan fingerprint density at radius 3 is 1.63 bits per heavy atom. The fraction of sp³-hybridized carbons (Fsp3) is 0.600. The van der Waals surface area contributed by atoms with Crippen molar-refractivity contribution in [2.24, 2.45) is 0 Å². The maximum Gasteiger partial charge on any atom is 0.534 e. The summed E-state index contributed by atoms with van der Waals surface area (Å²) in [5.41, 5.74) is -5.08. The van der Waals surface area contributed by atoms with Gasteiger partial charge in [0.25, 0.3) is 0 Å². The number of hydrogen-bond acceptors (Lipinski definition) is 10. The van der Waals surface area contributed by atoms with E-state index in [9.17, 15) is 36.3 Å². The van der Waals surface area contributed by atoms with E-state index >= 15 is 0 Å². The van der Waals surface area contributed by atoms with Gasteiger partial charge in [0, 0.05) is 25.2 Å². The summed E-state index contributed by atoms with van der Waals surface area (Å²) in [6.45, 7) is 16.4. The molecular formula is C35H49F3N2O10S. The number of ether oxygens (including phenoxy) is 4. The lowest BCUT2D eigenvalue weighted by molar-refractivity contribution is -0.0500. The summed E-state index contributed by atoms with van der Waals surface area (Å²) < 4.78 is 86.1. The lowest BCUT2D eigenvalue weighted by Gasteiger charge is -2.36. The zero-order valence-corrected chi connectivity index (χ0v) is 31.2. The molecule has 16 heteroatoms. The zero-order chi connectivity index (χ0) is 38.4. The minimum atomic E-state index is -5.76. The molecule has 0 aromatic heterocycles. The van der Waals surface area contributed by atoms with E-state index in [-0.39, 0.29) is 36.3 Å². The Labute approximate surface area is 297 Å². The van der Waals surface area contributed by atoms with Crippen LogP contribution in [-0.4, -0.2) is 90.6 Å². The number of rotatable bonds is 8. The van der Waals surface area contributed by atoms with Gasteiger partial charge >= 0.3 is 27.8 Å². The molecule has 2 unspecified atom stereocenters. The first kappa shape index (κ1) is 41.3. The van der Waals surface area contributed by atoms with E-state index in [1.165, 1.54) is 6.07 Å². The molecule has 0 radical (unpaired) electrons. The van der Waals surface area contributed by atoms with Crippen molar-refractivity contribution in [1.82, 2.24) is 9.80 Å². The van der Waals surface area contributed by atoms with Crippen molar-refractivity contribution >= 4 is 22.3 Å². The van der Waals surface area contributed by atoms with Gasteiger partial charge in [-0.15, -0.1) is 0 Å². The molecule has 2 amide bonds. The average molecular weight is 747 g/mol. The van der Waals surface area contributed by atoms with E-state index in [4.69, 9.17) is 18.9 Å². The number of benzene rings is 2. The van der Waals surface area contributed by atoms with Crippen LogP contribution in [0.1, 0.15) is 79.4 Å². The SMILES string of the molecule is CCCN(C(=O)OC(C)(C)C)C1COc2cc(O)ccc2C1.CCCN(C(=O)OC(C)(C)C)C1COc2cc(OS(=O)(=O)C(F)(F)F)ccc2C1. The number of carbonyl (C=O) groups is 2. The van der Waals surface area contributed by atoms with E-state index in [0.29, 0.717) is 50.3 Å². The second-order valence-electron chi connectivity index (χ2n) is 14.2. The zero-order valence-electron chi connectivity index (χ0n) is 30.3. The predicted octanol–water partition coefficient (Wildman–Crippen LogP) is 7.21. The summed E-state index contributed by atoms with van der Waals surface area (Å²) >= 11 is 0. The van der Waals surface area contributed by atoms with Crippen LogP contribution < -0.4 is 13.7 Å². The number of hydrogen-bond donors (Lipinski definition) is 1. The third kappa shape index (κ3) is 12.0. The van der Waals surface area contributed by atoms with E-state index in [1.54, 1.807) is 42.7 Å². The van der Waals surface area contributed by atoms with Gasteiger partial charge in [0.2, 0.25) is 0 Å². The molecular weight excluding hydrogens is 697 g/mol. The van der Waals surface area contributed by atoms with Gasteiger partial charge in [0.1, 0.15) is 47.4 Å². The summed E-state index contributed by atoms with van der Waals surface area (Å²) in [5, 5.41) is 9.50. The second kappa shape index (κ2) is 16.5. The molecule has 0 bridgehead atoms. The number of nitrogens with zero attached hydrogens (tertiary/aromatic N) is 2. The van der Waals surface area contributed by atoms with Gasteiger partial charge in [0.05, 0.1) is 12.1 Å². The number of amides is 2. The highest BCUT2D eigenvalue weighted by atomic mass is 32.2. The lowest BCUT2D eigenvalue weighted by atomic mass is 10.0. The molecule has 0 spiro atoms. The maximum absolute atomic E-state index is 12.5. The first-order valence-corrected chi connectivity index (χ1v) is 18.1. The number of fused-ring (bicyclic) bond motifs is 2. The van der Waals surface area contributed by atoms with E-state index in [1.807, 2.05) is 40.7 Å². The summed E-state index contributed by atoms with van der Waals surface area (Å²) in [5.74, 6) is 0.584. The molecule has 0 saturated heterocycles. The molecule has 2 aromatic carbocycles. The Morgan fingerprint density at radius 2 is 1.22 bits per heavy atom. The molecule has 12 nitrogen and oxygen atoms in total. The fourth-order valence-corrected chi connectivity index (χ4v) is 5.73. The molecule has 0 aliphatic carbocycles. The molecule has 2 aliphatic rings. The first-order chi connectivity index (χ1) is 23.5. The minimum absolute atomic E-state index is 0.0492. The monoisotopic (exact) mass is 746 g/mol. The highest BCUT2D eigenvalue weighted by molar-refractivity contribution is 7.88. The third-order valence-corrected chi connectivity index (χ3v) is 8.40. The predicted molar refractivity (Wildman–Crippen MR) is 183 cm³/mol. The molecule has 2 aliphatic heterocycles. The lowest BCUT2D eigenvalue weighted by Crippen LogP contribution is -2.48. The summed E-state index contributed by atoms with van der Waals surface area (Å²) in [7, 11) is -5.76. The van der Waals surface area contributed by atoms with Crippen LogP contribution in [0.2, 0.25) is 0 Å². The number of halogens is 3. The standard InChI is InChI=1S/C18H24F3NO6S.C17H25NO4/c1-5-8-22(16(23)27-17(2,3)4)13-9-12-6-7-14(10-15(12)26-11-13)28-29(24,25)18(19,20)21;1-5-8-18(16(20)22-17(2,3)4)13-9-12-6-7-14(19)10-15(12)21-11-13/h6-7,10,13H,5,8-9,11H2,1-4H3;6-7,10,13,19H,5,8-9,11H2,1-4H3. The van der Waals surface area contributed by atoms with Gasteiger partial charge in [0.15, 0.2) is 0 Å². The quantitative estimate of drug-likeness (QED) is 0.218. The van der Waals surface area contributed by atoms with E-state index < -0.39 is 38.7 Å². The highest BCUT2D eigenvalue weighted by Crippen LogP contribution is 2.34. The van der Waals surface area contributed by atoms with Crippen LogP contribution in [0, 0.1) is 0 Å². The molecule has 286 valence electrons. The van der Waals surface area contributed by atoms with Crippen molar-refractivity contribution in [2.75, 3.05) is 26.3 Å². The van der Waals surface area contributed by atoms with Crippen LogP contribution in [0.5, 0.6) is 23.0 Å². The van der Waals surface area contributed by atoms with Crippen LogP contribution in [-0.2, 0) is 32.4 Å². The van der Waals surface area contributed by atoms with E-state index in [2.05, 4.69) is 4.18 Å². The second-order valence-corrected chi connectivity index (χ2v) is 15.8. The third-order valence-electron chi connectivity index (χ3n) is 7.42. The highest BCUT2D eigenvalue weighted by Gasteiger charge is 2.48. The van der Waals surface area contributed by atoms with Crippen LogP contribution in [0.3, 0.4) is 0 Å². The number of alkyl halides is 3. The normalized spacial score (nSPS) is 17.2. The smallest absolute Gasteiger partial charge is 0.508 e. The molecule has 2 heterocycles. The molecule has 0 fully saturated rings. The van der Waals surface area contributed by atoms with E-state index in [0.717, 1.165) is 24.1 Å². The number of carbonyl (C=O) groups excluding carboxylic acids is 2. The number of aromatic hydroxyl groups is 1. The van der Waals surface area contributed by atoms with Crippen molar-refractivity contribution in [3.63, 3.8) is 0 Å². The average Bonchev–Trinajstić information content (AvgIpc) is 3.00. The number of phenols is 1. The van der Waals surface area contributed by atoms with Crippen LogP contribution in [0.4, 0.5) is 22.8 Å². The number of phenolic OH excluding ortho intramolecular Hbond substituents is 1. The van der Waals surface area contributed by atoms with Crippen molar-refractivity contribution in [3.05, 3.63) is 47.5 Å². The Hall–Kier alpha value is -4.08. The Balaban J connectivity index is 0.000000286. The molecule has 2 aromatic rings. The topological polar surface area (TPSA) is 141 Å². The molecule has 1 N–H and O–H groups in total. The van der Waals surface area contributed by atoms with Crippen molar-refractivity contribution in [2.45, 2.75) is 110 Å². The first-order valence-electron chi connectivity index (χ1n) is 16.7. The molecule has 2 atom stereocenters. The van der Waals surface area contributed by atoms with Crippen LogP contribution in [0.15, 0.2) is 36.4 Å². The molecule has 4 rings (SSSR count). The van der Waals surface area contributed by atoms with Gasteiger partial charge < -0.3 is 38.0 Å². The maximum atomic E-state index is 12.5. The van der Waals surface area contributed by atoms with Crippen molar-refractivity contribution < 1.29 is 59.4 Å². The van der Waals surface area contributed by atoms with Crippen molar-refractivity contribution in [3.8, 4) is 23.0 Å². The minimum Gasteiger partial charge on any atom is -0.508 e. The summed E-state index contributed by atoms with van der Waals surface area (Å²) in [4.78, 5) is 28.3. The molecule has 0 saturated carbocycles. The Morgan fingerprint density at radius 1 is 0.784 bits per heavy atom. The largest absolute Gasteiger partial charge is 0.534 e.